The van der Waals surface area contributed by atoms with Gasteiger partial charge in [0.1, 0.15) is 0 Å². The van der Waals surface area contributed by atoms with E-state index in [2.05, 4.69) is 10.4 Å². The largest absolute Gasteiger partial charge is 0.356 e. The second kappa shape index (κ2) is 7.51. The first-order valence-electron chi connectivity index (χ1n) is 8.68. The molecule has 1 aromatic heterocycles. The molecule has 0 aliphatic carbocycles. The van der Waals surface area contributed by atoms with Crippen LogP contribution in [0.3, 0.4) is 0 Å². The summed E-state index contributed by atoms with van der Waals surface area (Å²) >= 11 is 0. The van der Waals surface area contributed by atoms with Crippen molar-refractivity contribution < 1.29 is 9.59 Å². The van der Waals surface area contributed by atoms with Crippen molar-refractivity contribution in [1.82, 2.24) is 15.1 Å². The van der Waals surface area contributed by atoms with Crippen LogP contribution in [0.5, 0.6) is 0 Å². The van der Waals surface area contributed by atoms with Gasteiger partial charge < -0.3 is 10.2 Å². The van der Waals surface area contributed by atoms with Crippen LogP contribution in [0.25, 0.3) is 0 Å². The number of anilines is 1. The third kappa shape index (κ3) is 3.90. The van der Waals surface area contributed by atoms with Crippen LogP contribution in [0.4, 0.5) is 5.69 Å². The Kier molecular flexibility index (Phi) is 5.16. The molecule has 1 aliphatic rings. The fourth-order valence-electron chi connectivity index (χ4n) is 3.17. The van der Waals surface area contributed by atoms with Gasteiger partial charge in [-0.3, -0.25) is 14.3 Å². The van der Waals surface area contributed by atoms with E-state index in [9.17, 15) is 9.59 Å². The maximum Gasteiger partial charge on any atom is 0.227 e. The van der Waals surface area contributed by atoms with Crippen LogP contribution in [0.2, 0.25) is 0 Å². The van der Waals surface area contributed by atoms with Gasteiger partial charge in [0.2, 0.25) is 11.8 Å². The minimum absolute atomic E-state index is 0.0189. The van der Waals surface area contributed by atoms with Crippen molar-refractivity contribution in [2.45, 2.75) is 33.2 Å². The van der Waals surface area contributed by atoms with E-state index in [0.29, 0.717) is 13.1 Å². The van der Waals surface area contributed by atoms with Crippen LogP contribution in [0.15, 0.2) is 36.7 Å². The number of hydrogen-bond acceptors (Lipinski definition) is 3. The Bertz CT molecular complexity index is 755. The maximum atomic E-state index is 12.4. The fraction of sp³-hybridized carbons (Fsp3) is 0.421. The lowest BCUT2D eigenvalue weighted by Gasteiger charge is -2.20. The summed E-state index contributed by atoms with van der Waals surface area (Å²) in [5.74, 6) is -0.302. The topological polar surface area (TPSA) is 67.2 Å². The van der Waals surface area contributed by atoms with Crippen LogP contribution in [-0.2, 0) is 16.1 Å². The lowest BCUT2D eigenvalue weighted by molar-refractivity contribution is -0.126. The van der Waals surface area contributed by atoms with Crippen molar-refractivity contribution in [3.63, 3.8) is 0 Å². The van der Waals surface area contributed by atoms with Gasteiger partial charge in [0.25, 0.3) is 0 Å². The summed E-state index contributed by atoms with van der Waals surface area (Å²) in [7, 11) is 0. The van der Waals surface area contributed by atoms with E-state index in [0.717, 1.165) is 29.8 Å². The number of aryl methyl sites for hydroxylation is 2. The molecule has 1 saturated heterocycles. The van der Waals surface area contributed by atoms with Gasteiger partial charge in [0, 0.05) is 44.1 Å². The summed E-state index contributed by atoms with van der Waals surface area (Å²) < 4.78 is 1.84. The van der Waals surface area contributed by atoms with E-state index in [1.165, 1.54) is 0 Å². The van der Waals surface area contributed by atoms with Gasteiger partial charge in [-0.05, 0) is 43.5 Å². The molecule has 2 heterocycles. The second-order valence-corrected chi connectivity index (χ2v) is 6.54. The van der Waals surface area contributed by atoms with E-state index < -0.39 is 0 Å². The Morgan fingerprint density at radius 2 is 2.16 bits per heavy atom. The first-order valence-corrected chi connectivity index (χ1v) is 8.68. The highest BCUT2D eigenvalue weighted by Gasteiger charge is 2.35. The number of carbonyl (C=O) groups excluding carboxylic acids is 2. The molecule has 1 N–H and O–H groups in total. The first-order chi connectivity index (χ1) is 12.1. The van der Waals surface area contributed by atoms with Crippen molar-refractivity contribution in [1.29, 1.82) is 0 Å². The number of carbonyl (C=O) groups is 2. The molecule has 132 valence electrons. The van der Waals surface area contributed by atoms with Crippen LogP contribution in [0.1, 0.15) is 24.0 Å². The summed E-state index contributed by atoms with van der Waals surface area (Å²) in [5.41, 5.74) is 3.16. The second-order valence-electron chi connectivity index (χ2n) is 6.54. The number of benzene rings is 1. The Morgan fingerprint density at radius 1 is 1.32 bits per heavy atom. The van der Waals surface area contributed by atoms with Crippen molar-refractivity contribution >= 4 is 17.5 Å². The van der Waals surface area contributed by atoms with Gasteiger partial charge in [-0.15, -0.1) is 0 Å². The van der Waals surface area contributed by atoms with Crippen molar-refractivity contribution in [3.05, 3.63) is 47.8 Å². The molecule has 3 rings (SSSR count). The number of aromatic nitrogens is 2. The zero-order valence-electron chi connectivity index (χ0n) is 14.7. The average molecular weight is 340 g/mol. The van der Waals surface area contributed by atoms with Crippen LogP contribution in [0, 0.1) is 19.8 Å². The van der Waals surface area contributed by atoms with E-state index >= 15 is 0 Å². The quantitative estimate of drug-likeness (QED) is 0.819. The van der Waals surface area contributed by atoms with E-state index in [4.69, 9.17) is 0 Å². The predicted octanol–water partition coefficient (Wildman–Crippen LogP) is 2.06. The van der Waals surface area contributed by atoms with Crippen LogP contribution >= 0.6 is 0 Å². The standard InChI is InChI=1S/C19H24N4O2/c1-14-6-3-7-17(15(14)2)23-13-16(12-18(23)24)19(25)20-8-4-10-22-11-5-9-21-22/h3,5-7,9,11,16H,4,8,10,12-13H2,1-2H3,(H,20,25)/t16-/m0/s1. The van der Waals surface area contributed by atoms with Crippen LogP contribution < -0.4 is 10.2 Å². The molecular formula is C19H24N4O2. The minimum atomic E-state index is -0.280. The fourth-order valence-corrected chi connectivity index (χ4v) is 3.17. The Hall–Kier alpha value is -2.63. The molecule has 2 aromatic rings. The Balaban J connectivity index is 1.53. The number of nitrogens with zero attached hydrogens (tertiary/aromatic N) is 3. The highest BCUT2D eigenvalue weighted by Crippen LogP contribution is 2.29. The zero-order chi connectivity index (χ0) is 17.8. The van der Waals surface area contributed by atoms with E-state index in [-0.39, 0.29) is 24.2 Å². The summed E-state index contributed by atoms with van der Waals surface area (Å²) in [5, 5.41) is 7.08. The molecule has 2 amide bonds. The molecule has 1 atom stereocenters. The molecule has 25 heavy (non-hydrogen) atoms. The number of amides is 2. The molecule has 0 bridgehead atoms. The molecule has 6 nitrogen and oxygen atoms in total. The summed E-state index contributed by atoms with van der Waals surface area (Å²) in [6.07, 6.45) is 4.73. The van der Waals surface area contributed by atoms with Gasteiger partial charge in [-0.2, -0.15) is 5.10 Å². The summed E-state index contributed by atoms with van der Waals surface area (Å²) in [6.45, 7) is 5.86. The third-order valence-corrected chi connectivity index (χ3v) is 4.79. The lowest BCUT2D eigenvalue weighted by atomic mass is 10.1. The molecule has 0 radical (unpaired) electrons. The van der Waals surface area contributed by atoms with E-state index in [1.54, 1.807) is 11.1 Å². The predicted molar refractivity (Wildman–Crippen MR) is 96.2 cm³/mol. The van der Waals surface area contributed by atoms with Gasteiger partial charge in [-0.1, -0.05) is 12.1 Å². The molecule has 6 heteroatoms. The third-order valence-electron chi connectivity index (χ3n) is 4.79. The highest BCUT2D eigenvalue weighted by molar-refractivity contribution is 6.00. The molecule has 0 unspecified atom stereocenters. The molecule has 1 fully saturated rings. The Labute approximate surface area is 147 Å². The van der Waals surface area contributed by atoms with Crippen molar-refractivity contribution in [2.75, 3.05) is 18.0 Å². The maximum absolute atomic E-state index is 12.4. The van der Waals surface area contributed by atoms with Crippen LogP contribution in [-0.4, -0.2) is 34.7 Å². The SMILES string of the molecule is Cc1cccc(N2C[C@@H](C(=O)NCCCn3cccn3)CC2=O)c1C. The first kappa shape index (κ1) is 17.2. The number of rotatable bonds is 6. The van der Waals surface area contributed by atoms with Gasteiger partial charge >= 0.3 is 0 Å². The van der Waals surface area contributed by atoms with E-state index in [1.807, 2.05) is 49.0 Å². The van der Waals surface area contributed by atoms with Gasteiger partial charge in [0.15, 0.2) is 0 Å². The normalized spacial score (nSPS) is 17.1. The molecule has 1 aromatic carbocycles. The zero-order valence-corrected chi connectivity index (χ0v) is 14.7. The molecule has 1 aliphatic heterocycles. The summed E-state index contributed by atoms with van der Waals surface area (Å²) in [6, 6.07) is 7.81. The molecular weight excluding hydrogens is 316 g/mol. The smallest absolute Gasteiger partial charge is 0.227 e. The lowest BCUT2D eigenvalue weighted by Crippen LogP contribution is -2.34. The van der Waals surface area contributed by atoms with Gasteiger partial charge in [0.05, 0.1) is 5.92 Å². The highest BCUT2D eigenvalue weighted by atomic mass is 16.2. The Morgan fingerprint density at radius 3 is 2.92 bits per heavy atom. The van der Waals surface area contributed by atoms with Gasteiger partial charge in [-0.25, -0.2) is 0 Å². The number of nitrogens with one attached hydrogen (secondary N) is 1. The number of hydrogen-bond donors (Lipinski definition) is 1. The molecule has 0 saturated carbocycles. The van der Waals surface area contributed by atoms with Crippen molar-refractivity contribution in [2.24, 2.45) is 5.92 Å². The molecule has 0 spiro atoms. The summed E-state index contributed by atoms with van der Waals surface area (Å²) in [4.78, 5) is 26.5. The van der Waals surface area contributed by atoms with Crippen molar-refractivity contribution in [3.8, 4) is 0 Å². The average Bonchev–Trinajstić information content (AvgIpc) is 3.24. The minimum Gasteiger partial charge on any atom is -0.356 e. The monoisotopic (exact) mass is 340 g/mol.